The summed E-state index contributed by atoms with van der Waals surface area (Å²) in [5.41, 5.74) is 6.29. The minimum absolute atomic E-state index is 0.0557. The van der Waals surface area contributed by atoms with Gasteiger partial charge >= 0.3 is 5.91 Å². The summed E-state index contributed by atoms with van der Waals surface area (Å²) in [6, 6.07) is 11.9. The van der Waals surface area contributed by atoms with Gasteiger partial charge in [0, 0.05) is 23.5 Å². The van der Waals surface area contributed by atoms with Crippen LogP contribution in [0.1, 0.15) is 40.9 Å². The number of aromatic nitrogens is 4. The molecule has 3 rings (SSSR count). The maximum absolute atomic E-state index is 12.3. The molecule has 0 saturated heterocycles. The van der Waals surface area contributed by atoms with Gasteiger partial charge in [-0.2, -0.15) is 10.1 Å². The number of nitrogens with one attached hydrogen (secondary N) is 1. The molecule has 0 aliphatic heterocycles. The Kier molecular flexibility index (Phi) is 4.83. The lowest BCUT2D eigenvalue weighted by atomic mass is 10.1. The zero-order valence-corrected chi connectivity index (χ0v) is 14.5. The largest absolute Gasteiger partial charge is 0.311 e. The lowest BCUT2D eigenvalue weighted by Crippen LogP contribution is -2.21. The summed E-state index contributed by atoms with van der Waals surface area (Å²) in [5.74, 6) is 0.0216. The number of nitrogens with zero attached hydrogens (tertiary/aromatic N) is 5. The predicted molar refractivity (Wildman–Crippen MR) is 95.6 cm³/mol. The summed E-state index contributed by atoms with van der Waals surface area (Å²) in [4.78, 5) is 20.8. The van der Waals surface area contributed by atoms with Crippen molar-refractivity contribution in [2.75, 3.05) is 0 Å². The fourth-order valence-corrected chi connectivity index (χ4v) is 2.52. The van der Waals surface area contributed by atoms with E-state index in [4.69, 9.17) is 0 Å². The lowest BCUT2D eigenvalue weighted by molar-refractivity contribution is 0.0944. The maximum Gasteiger partial charge on any atom is 0.311 e. The second-order valence-corrected chi connectivity index (χ2v) is 5.82. The summed E-state index contributed by atoms with van der Waals surface area (Å²) < 4.78 is 1.55. The fourth-order valence-electron chi connectivity index (χ4n) is 2.52. The maximum atomic E-state index is 12.3. The number of amides is 1. The van der Waals surface area contributed by atoms with Gasteiger partial charge in [-0.3, -0.25) is 4.79 Å². The molecule has 0 atom stereocenters. The van der Waals surface area contributed by atoms with Gasteiger partial charge in [-0.1, -0.05) is 37.3 Å². The Balaban J connectivity index is 1.76. The Morgan fingerprint density at radius 2 is 1.96 bits per heavy atom. The van der Waals surface area contributed by atoms with Crippen molar-refractivity contribution in [3.63, 3.8) is 0 Å². The Morgan fingerprint density at radius 3 is 2.68 bits per heavy atom. The molecule has 0 aliphatic rings. The van der Waals surface area contributed by atoms with Gasteiger partial charge in [-0.15, -0.1) is 5.10 Å². The molecule has 2 aromatic heterocycles. The molecule has 0 bridgehead atoms. The first-order valence-corrected chi connectivity index (χ1v) is 8.17. The number of carbonyl (C=O) groups excluding carboxylic acids is 1. The molecule has 0 saturated carbocycles. The molecule has 25 heavy (non-hydrogen) atoms. The summed E-state index contributed by atoms with van der Waals surface area (Å²) in [6.07, 6.45) is 1.43. The van der Waals surface area contributed by atoms with Gasteiger partial charge in [0.1, 0.15) is 0 Å². The van der Waals surface area contributed by atoms with Crippen LogP contribution in [0.5, 0.6) is 0 Å². The van der Waals surface area contributed by atoms with Crippen LogP contribution in [0, 0.1) is 13.8 Å². The number of rotatable bonds is 5. The van der Waals surface area contributed by atoms with Crippen LogP contribution in [0.3, 0.4) is 0 Å². The monoisotopic (exact) mass is 336 g/mol. The van der Waals surface area contributed by atoms with Crippen molar-refractivity contribution in [1.82, 2.24) is 25.0 Å². The Hall–Kier alpha value is -3.09. The van der Waals surface area contributed by atoms with E-state index in [0.29, 0.717) is 12.2 Å². The molecule has 7 nitrogen and oxygen atoms in total. The van der Waals surface area contributed by atoms with Crippen molar-refractivity contribution in [3.8, 4) is 0 Å². The highest BCUT2D eigenvalue weighted by molar-refractivity contribution is 5.93. The number of benzene rings is 1. The van der Waals surface area contributed by atoms with E-state index >= 15 is 0 Å². The van der Waals surface area contributed by atoms with E-state index in [0.717, 1.165) is 29.1 Å². The minimum atomic E-state index is -0.443. The summed E-state index contributed by atoms with van der Waals surface area (Å²) >= 11 is 0. The Labute approximate surface area is 145 Å². The molecular formula is C18H20N6O. The van der Waals surface area contributed by atoms with Crippen LogP contribution >= 0.6 is 0 Å². The van der Waals surface area contributed by atoms with E-state index < -0.39 is 5.91 Å². The van der Waals surface area contributed by atoms with E-state index in [1.54, 1.807) is 4.52 Å². The van der Waals surface area contributed by atoms with Crippen LogP contribution in [-0.4, -0.2) is 31.2 Å². The molecule has 0 spiro atoms. The van der Waals surface area contributed by atoms with Crippen molar-refractivity contribution >= 4 is 17.4 Å². The smallest absolute Gasteiger partial charge is 0.264 e. The molecule has 0 aliphatic carbocycles. The number of fused-ring (bicyclic) bond motifs is 1. The quantitative estimate of drug-likeness (QED) is 0.573. The molecule has 3 aromatic rings. The van der Waals surface area contributed by atoms with Crippen LogP contribution in [0.4, 0.5) is 0 Å². The summed E-state index contributed by atoms with van der Waals surface area (Å²) in [6.45, 7) is 5.78. The third kappa shape index (κ3) is 3.88. The molecule has 1 amide bonds. The topological polar surface area (TPSA) is 84.5 Å². The standard InChI is InChI=1S/C18H20N6O/c1-4-15(11-14-8-6-5-7-9-14)21-22-17(25)16-20-18-19-12(2)10-13(3)24(18)23-16/h5-10H,4,11H2,1-3H3,(H,22,25). The molecule has 1 aromatic carbocycles. The summed E-state index contributed by atoms with van der Waals surface area (Å²) in [7, 11) is 0. The third-order valence-electron chi connectivity index (χ3n) is 3.80. The zero-order chi connectivity index (χ0) is 17.8. The van der Waals surface area contributed by atoms with E-state index in [9.17, 15) is 4.79 Å². The second-order valence-electron chi connectivity index (χ2n) is 5.82. The van der Waals surface area contributed by atoms with E-state index in [1.165, 1.54) is 0 Å². The molecule has 0 unspecified atom stereocenters. The molecular weight excluding hydrogens is 316 g/mol. The first-order chi connectivity index (χ1) is 12.1. The molecule has 0 radical (unpaired) electrons. The van der Waals surface area contributed by atoms with E-state index in [2.05, 4.69) is 25.6 Å². The number of hydrogen-bond donors (Lipinski definition) is 1. The van der Waals surface area contributed by atoms with Crippen molar-refractivity contribution in [1.29, 1.82) is 0 Å². The summed E-state index contributed by atoms with van der Waals surface area (Å²) in [5, 5.41) is 8.43. The molecule has 128 valence electrons. The normalized spacial score (nSPS) is 11.7. The van der Waals surface area contributed by atoms with Gasteiger partial charge in [0.25, 0.3) is 5.78 Å². The van der Waals surface area contributed by atoms with Crippen molar-refractivity contribution in [2.24, 2.45) is 5.10 Å². The third-order valence-corrected chi connectivity index (χ3v) is 3.80. The van der Waals surface area contributed by atoms with E-state index in [-0.39, 0.29) is 5.82 Å². The fraction of sp³-hybridized carbons (Fsp3) is 0.278. The van der Waals surface area contributed by atoms with Gasteiger partial charge < -0.3 is 0 Å². The van der Waals surface area contributed by atoms with Crippen LogP contribution in [-0.2, 0) is 6.42 Å². The van der Waals surface area contributed by atoms with Crippen LogP contribution < -0.4 is 5.43 Å². The SMILES string of the molecule is CCC(Cc1ccccc1)=NNC(=O)c1nc2nc(C)cc(C)n2n1. The Morgan fingerprint density at radius 1 is 1.20 bits per heavy atom. The van der Waals surface area contributed by atoms with Crippen molar-refractivity contribution in [3.05, 3.63) is 59.2 Å². The van der Waals surface area contributed by atoms with Gasteiger partial charge in [-0.05, 0) is 31.9 Å². The van der Waals surface area contributed by atoms with Crippen LogP contribution in [0.15, 0.2) is 41.5 Å². The first-order valence-electron chi connectivity index (χ1n) is 8.17. The van der Waals surface area contributed by atoms with Gasteiger partial charge in [0.15, 0.2) is 0 Å². The predicted octanol–water partition coefficient (Wildman–Crippen LogP) is 2.48. The van der Waals surface area contributed by atoms with Gasteiger partial charge in [-0.25, -0.2) is 14.9 Å². The molecule has 0 fully saturated rings. The highest BCUT2D eigenvalue weighted by atomic mass is 16.2. The van der Waals surface area contributed by atoms with Gasteiger partial charge in [0.2, 0.25) is 5.82 Å². The van der Waals surface area contributed by atoms with Crippen molar-refractivity contribution in [2.45, 2.75) is 33.6 Å². The highest BCUT2D eigenvalue weighted by Crippen LogP contribution is 2.06. The average molecular weight is 336 g/mol. The Bertz CT molecular complexity index is 929. The molecule has 2 heterocycles. The van der Waals surface area contributed by atoms with Crippen LogP contribution in [0.25, 0.3) is 5.78 Å². The average Bonchev–Trinajstić information content (AvgIpc) is 3.03. The highest BCUT2D eigenvalue weighted by Gasteiger charge is 2.14. The number of aryl methyl sites for hydroxylation is 2. The van der Waals surface area contributed by atoms with Gasteiger partial charge in [0.05, 0.1) is 0 Å². The molecule has 7 heteroatoms. The minimum Gasteiger partial charge on any atom is -0.264 e. The first kappa shape index (κ1) is 16.8. The zero-order valence-electron chi connectivity index (χ0n) is 14.5. The van der Waals surface area contributed by atoms with Crippen LogP contribution in [0.2, 0.25) is 0 Å². The van der Waals surface area contributed by atoms with E-state index in [1.807, 2.05) is 57.2 Å². The lowest BCUT2D eigenvalue weighted by Gasteiger charge is -2.04. The number of hydrazone groups is 1. The number of carbonyl (C=O) groups is 1. The van der Waals surface area contributed by atoms with Crippen molar-refractivity contribution < 1.29 is 4.79 Å². The second kappa shape index (κ2) is 7.21. The number of hydrogen-bond acceptors (Lipinski definition) is 5. The molecule has 1 N–H and O–H groups in total.